The van der Waals surface area contributed by atoms with Gasteiger partial charge in [0.2, 0.25) is 5.91 Å². The highest BCUT2D eigenvalue weighted by molar-refractivity contribution is 7.14. The molecule has 27 heavy (non-hydrogen) atoms. The predicted molar refractivity (Wildman–Crippen MR) is 104 cm³/mol. The van der Waals surface area contributed by atoms with Crippen molar-refractivity contribution in [2.75, 3.05) is 5.32 Å². The molecular formula is C19H19N5O2S. The van der Waals surface area contributed by atoms with Gasteiger partial charge in [-0.05, 0) is 43.4 Å². The van der Waals surface area contributed by atoms with E-state index in [4.69, 9.17) is 0 Å². The highest BCUT2D eigenvalue weighted by atomic mass is 32.1. The molecule has 0 fully saturated rings. The average molecular weight is 381 g/mol. The van der Waals surface area contributed by atoms with Crippen LogP contribution in [0.5, 0.6) is 0 Å². The summed E-state index contributed by atoms with van der Waals surface area (Å²) in [5, 5.41) is 9.52. The predicted octanol–water partition coefficient (Wildman–Crippen LogP) is 2.67. The molecule has 4 rings (SSSR count). The molecule has 1 aliphatic carbocycles. The van der Waals surface area contributed by atoms with Crippen LogP contribution < -0.4 is 10.9 Å². The normalized spacial score (nSPS) is 13.6. The monoisotopic (exact) mass is 381 g/mol. The van der Waals surface area contributed by atoms with Crippen molar-refractivity contribution in [2.24, 2.45) is 0 Å². The lowest BCUT2D eigenvalue weighted by atomic mass is 10.1. The Morgan fingerprint density at radius 1 is 1.26 bits per heavy atom. The minimum absolute atomic E-state index is 0.117. The van der Waals surface area contributed by atoms with Gasteiger partial charge in [-0.3, -0.25) is 14.6 Å². The van der Waals surface area contributed by atoms with Gasteiger partial charge in [0.25, 0.3) is 5.56 Å². The van der Waals surface area contributed by atoms with Crippen molar-refractivity contribution in [2.45, 2.75) is 38.6 Å². The van der Waals surface area contributed by atoms with Gasteiger partial charge in [-0.15, -0.1) is 11.3 Å². The van der Waals surface area contributed by atoms with E-state index in [1.807, 2.05) is 17.5 Å². The molecular weight excluding hydrogens is 362 g/mol. The lowest BCUT2D eigenvalue weighted by Crippen LogP contribution is -2.30. The standard InChI is InChI=1S/C19H19N5O2S/c25-17(22-19-21-16(12-27-19)14-6-4-8-20-10-14)11-24-18(26)9-13-5-2-1-3-7-15(13)23-24/h4,6,8-10,12H,1-3,5,7,11H2,(H,21,22,25). The highest BCUT2D eigenvalue weighted by Gasteiger charge is 2.15. The summed E-state index contributed by atoms with van der Waals surface area (Å²) in [4.78, 5) is 33.1. The zero-order valence-corrected chi connectivity index (χ0v) is 15.5. The fourth-order valence-electron chi connectivity index (χ4n) is 3.16. The lowest BCUT2D eigenvalue weighted by Gasteiger charge is -2.09. The Hall–Kier alpha value is -2.87. The zero-order valence-electron chi connectivity index (χ0n) is 14.7. The molecule has 1 aliphatic rings. The molecule has 1 N–H and O–H groups in total. The molecule has 7 nitrogen and oxygen atoms in total. The first-order valence-electron chi connectivity index (χ1n) is 8.95. The number of nitrogens with zero attached hydrogens (tertiary/aromatic N) is 4. The maximum absolute atomic E-state index is 12.4. The molecule has 0 aliphatic heterocycles. The number of hydrogen-bond acceptors (Lipinski definition) is 6. The van der Waals surface area contributed by atoms with Crippen molar-refractivity contribution in [3.05, 3.63) is 57.6 Å². The van der Waals surface area contributed by atoms with E-state index < -0.39 is 0 Å². The molecule has 0 atom stereocenters. The van der Waals surface area contributed by atoms with Crippen LogP contribution in [0.25, 0.3) is 11.3 Å². The van der Waals surface area contributed by atoms with Gasteiger partial charge in [-0.2, -0.15) is 5.10 Å². The zero-order chi connectivity index (χ0) is 18.6. The van der Waals surface area contributed by atoms with E-state index in [0.717, 1.165) is 54.6 Å². The first-order chi connectivity index (χ1) is 13.2. The second-order valence-corrected chi connectivity index (χ2v) is 7.36. The summed E-state index contributed by atoms with van der Waals surface area (Å²) in [5.74, 6) is -0.315. The number of nitrogens with one attached hydrogen (secondary N) is 1. The molecule has 8 heteroatoms. The molecule has 0 saturated carbocycles. The Morgan fingerprint density at radius 2 is 2.15 bits per heavy atom. The van der Waals surface area contributed by atoms with Crippen LogP contribution in [0.15, 0.2) is 40.8 Å². The Kier molecular flexibility index (Phi) is 5.06. The van der Waals surface area contributed by atoms with E-state index in [9.17, 15) is 9.59 Å². The van der Waals surface area contributed by atoms with E-state index in [2.05, 4.69) is 20.4 Å². The molecule has 1 amide bonds. The summed E-state index contributed by atoms with van der Waals surface area (Å²) >= 11 is 1.33. The maximum atomic E-state index is 12.4. The quantitative estimate of drug-likeness (QED) is 0.702. The van der Waals surface area contributed by atoms with Crippen molar-refractivity contribution in [3.8, 4) is 11.3 Å². The van der Waals surface area contributed by atoms with Crippen LogP contribution in [0.4, 0.5) is 5.13 Å². The molecule has 0 aromatic carbocycles. The van der Waals surface area contributed by atoms with Crippen LogP contribution in [0.3, 0.4) is 0 Å². The third kappa shape index (κ3) is 4.11. The Bertz CT molecular complexity index is 1010. The third-order valence-corrected chi connectivity index (χ3v) is 5.28. The number of amides is 1. The summed E-state index contributed by atoms with van der Waals surface area (Å²) in [6.45, 7) is -0.117. The third-order valence-electron chi connectivity index (χ3n) is 4.53. The van der Waals surface area contributed by atoms with Crippen LogP contribution >= 0.6 is 11.3 Å². The topological polar surface area (TPSA) is 89.8 Å². The van der Waals surface area contributed by atoms with Gasteiger partial charge in [0.05, 0.1) is 11.4 Å². The van der Waals surface area contributed by atoms with Gasteiger partial charge in [0.15, 0.2) is 5.13 Å². The van der Waals surface area contributed by atoms with E-state index in [0.29, 0.717) is 5.13 Å². The number of aryl methyl sites for hydroxylation is 2. The SMILES string of the molecule is O=C(Cn1nc2c(cc1=O)CCCCC2)Nc1nc(-c2cccnc2)cs1. The molecule has 138 valence electrons. The number of pyridine rings is 1. The second-order valence-electron chi connectivity index (χ2n) is 6.50. The second kappa shape index (κ2) is 7.79. The number of thiazole rings is 1. The molecule has 0 bridgehead atoms. The number of aromatic nitrogens is 4. The van der Waals surface area contributed by atoms with Crippen molar-refractivity contribution in [3.63, 3.8) is 0 Å². The van der Waals surface area contributed by atoms with E-state index in [1.165, 1.54) is 16.0 Å². The van der Waals surface area contributed by atoms with Gasteiger partial charge < -0.3 is 5.32 Å². The minimum atomic E-state index is -0.315. The minimum Gasteiger partial charge on any atom is -0.300 e. The maximum Gasteiger partial charge on any atom is 0.267 e. The van der Waals surface area contributed by atoms with E-state index in [-0.39, 0.29) is 18.0 Å². The van der Waals surface area contributed by atoms with Gasteiger partial charge in [0, 0.05) is 29.4 Å². The number of fused-ring (bicyclic) bond motifs is 1. The van der Waals surface area contributed by atoms with Gasteiger partial charge in [-0.25, -0.2) is 9.67 Å². The molecule has 0 radical (unpaired) electrons. The Labute approximate surface area is 160 Å². The van der Waals surface area contributed by atoms with Gasteiger partial charge in [-0.1, -0.05) is 6.42 Å². The summed E-state index contributed by atoms with van der Waals surface area (Å²) in [5.41, 5.74) is 3.37. The first-order valence-corrected chi connectivity index (χ1v) is 9.83. The summed E-state index contributed by atoms with van der Waals surface area (Å²) in [7, 11) is 0. The molecule has 3 aromatic heterocycles. The van der Waals surface area contributed by atoms with Crippen molar-refractivity contribution in [1.29, 1.82) is 0 Å². The van der Waals surface area contributed by atoms with E-state index >= 15 is 0 Å². The molecule has 3 aromatic rings. The number of rotatable bonds is 4. The lowest BCUT2D eigenvalue weighted by molar-refractivity contribution is -0.117. The smallest absolute Gasteiger partial charge is 0.267 e. The molecule has 0 unspecified atom stereocenters. The van der Waals surface area contributed by atoms with Crippen LogP contribution in [0.2, 0.25) is 0 Å². The highest BCUT2D eigenvalue weighted by Crippen LogP contribution is 2.24. The summed E-state index contributed by atoms with van der Waals surface area (Å²) < 4.78 is 1.25. The van der Waals surface area contributed by atoms with E-state index in [1.54, 1.807) is 18.5 Å². The molecule has 0 spiro atoms. The summed E-state index contributed by atoms with van der Waals surface area (Å²) in [6.07, 6.45) is 8.47. The van der Waals surface area contributed by atoms with Gasteiger partial charge >= 0.3 is 0 Å². The van der Waals surface area contributed by atoms with Crippen LogP contribution in [-0.4, -0.2) is 25.7 Å². The van der Waals surface area contributed by atoms with Crippen molar-refractivity contribution < 1.29 is 4.79 Å². The Balaban J connectivity index is 1.46. The van der Waals surface area contributed by atoms with Crippen LogP contribution in [-0.2, 0) is 24.2 Å². The van der Waals surface area contributed by atoms with Crippen molar-refractivity contribution in [1.82, 2.24) is 19.7 Å². The largest absolute Gasteiger partial charge is 0.300 e. The number of carbonyl (C=O) groups excluding carboxylic acids is 1. The van der Waals surface area contributed by atoms with Crippen molar-refractivity contribution >= 4 is 22.4 Å². The number of hydrogen-bond donors (Lipinski definition) is 1. The first kappa shape index (κ1) is 17.5. The molecule has 3 heterocycles. The summed E-state index contributed by atoms with van der Waals surface area (Å²) in [6, 6.07) is 5.38. The Morgan fingerprint density at radius 3 is 3.00 bits per heavy atom. The average Bonchev–Trinajstić information content (AvgIpc) is 3.01. The van der Waals surface area contributed by atoms with Crippen LogP contribution in [0, 0.1) is 0 Å². The molecule has 0 saturated heterocycles. The fourth-order valence-corrected chi connectivity index (χ4v) is 3.90. The number of anilines is 1. The number of carbonyl (C=O) groups is 1. The van der Waals surface area contributed by atoms with Crippen LogP contribution in [0.1, 0.15) is 30.5 Å². The van der Waals surface area contributed by atoms with Gasteiger partial charge in [0.1, 0.15) is 6.54 Å². The fraction of sp³-hybridized carbons (Fsp3) is 0.316.